The Balaban J connectivity index is 5.91. The molecule has 0 aliphatic carbocycles. The normalized spacial score (nSPS) is 15.3. The van der Waals surface area contributed by atoms with Crippen molar-refractivity contribution in [3.63, 3.8) is 0 Å². The van der Waals surface area contributed by atoms with E-state index in [1.165, 1.54) is 116 Å². The van der Waals surface area contributed by atoms with Crippen molar-refractivity contribution in [3.05, 3.63) is 0 Å². The van der Waals surface area contributed by atoms with Gasteiger partial charge in [-0.15, -0.1) is 0 Å². The zero-order chi connectivity index (χ0) is 32.6. The summed E-state index contributed by atoms with van der Waals surface area (Å²) in [5.74, 6) is 0. The van der Waals surface area contributed by atoms with Crippen molar-refractivity contribution < 1.29 is 18.1 Å². The second-order valence-electron chi connectivity index (χ2n) is 13.7. The van der Waals surface area contributed by atoms with E-state index in [-0.39, 0.29) is 18.3 Å². The van der Waals surface area contributed by atoms with Crippen molar-refractivity contribution in [2.24, 2.45) is 0 Å². The highest BCUT2D eigenvalue weighted by atomic mass is 31.2. The molecule has 0 bridgehead atoms. The van der Waals surface area contributed by atoms with Gasteiger partial charge in [0, 0.05) is 0 Å². The first-order valence-corrected chi connectivity index (χ1v) is 21.6. The summed E-state index contributed by atoms with van der Waals surface area (Å²) in [5, 5.41) is 0. The van der Waals surface area contributed by atoms with Crippen LogP contribution < -0.4 is 0 Å². The molecule has 5 heteroatoms. The van der Waals surface area contributed by atoms with Crippen molar-refractivity contribution >= 4 is 7.82 Å². The van der Waals surface area contributed by atoms with Crippen molar-refractivity contribution in [1.29, 1.82) is 0 Å². The maximum atomic E-state index is 14.9. The van der Waals surface area contributed by atoms with Gasteiger partial charge in [-0.2, -0.15) is 0 Å². The highest BCUT2D eigenvalue weighted by Gasteiger charge is 2.36. The Kier molecular flexibility index (Phi) is 33.1. The summed E-state index contributed by atoms with van der Waals surface area (Å²) in [6, 6.07) is 0. The lowest BCUT2D eigenvalue weighted by Gasteiger charge is -2.31. The summed E-state index contributed by atoms with van der Waals surface area (Å²) < 4.78 is 34.9. The van der Waals surface area contributed by atoms with Crippen LogP contribution in [0.1, 0.15) is 234 Å². The maximum Gasteiger partial charge on any atom is 0.475 e. The van der Waals surface area contributed by atoms with Crippen molar-refractivity contribution in [2.75, 3.05) is 0 Å². The number of phosphoric ester groups is 1. The van der Waals surface area contributed by atoms with Crippen LogP contribution in [0.2, 0.25) is 0 Å². The van der Waals surface area contributed by atoms with Crippen LogP contribution in [-0.2, 0) is 18.1 Å². The molecule has 0 aliphatic heterocycles. The maximum absolute atomic E-state index is 14.9. The molecule has 44 heavy (non-hydrogen) atoms. The second-order valence-corrected chi connectivity index (χ2v) is 15.3. The van der Waals surface area contributed by atoms with Gasteiger partial charge in [-0.3, -0.25) is 13.6 Å². The molecule has 266 valence electrons. The van der Waals surface area contributed by atoms with E-state index >= 15 is 0 Å². The molecule has 0 saturated heterocycles. The highest BCUT2D eigenvalue weighted by molar-refractivity contribution is 7.48. The van der Waals surface area contributed by atoms with Crippen LogP contribution in [0.4, 0.5) is 0 Å². The lowest BCUT2D eigenvalue weighted by molar-refractivity contribution is 0.0157. The molecule has 0 aromatic rings. The summed E-state index contributed by atoms with van der Waals surface area (Å²) in [6.07, 6.45) is 34.6. The average molecular weight is 645 g/mol. The monoisotopic (exact) mass is 645 g/mol. The Bertz CT molecular complexity index is 532. The molecule has 4 nitrogen and oxygen atoms in total. The van der Waals surface area contributed by atoms with Crippen molar-refractivity contribution in [3.8, 4) is 0 Å². The molecule has 0 aliphatic rings. The molecule has 0 fully saturated rings. The van der Waals surface area contributed by atoms with E-state index < -0.39 is 7.82 Å². The fraction of sp³-hybridized carbons (Fsp3) is 1.00. The van der Waals surface area contributed by atoms with Crippen LogP contribution in [0, 0.1) is 0 Å². The van der Waals surface area contributed by atoms with Gasteiger partial charge in [-0.1, -0.05) is 196 Å². The van der Waals surface area contributed by atoms with E-state index in [1.54, 1.807) is 0 Å². The number of rotatable bonds is 36. The minimum atomic E-state index is -3.72. The molecule has 0 aromatic carbocycles. The van der Waals surface area contributed by atoms with E-state index in [0.717, 1.165) is 77.0 Å². The van der Waals surface area contributed by atoms with Crippen LogP contribution >= 0.6 is 7.82 Å². The van der Waals surface area contributed by atoms with Gasteiger partial charge in [0.25, 0.3) is 0 Å². The zero-order valence-corrected chi connectivity index (χ0v) is 31.9. The zero-order valence-electron chi connectivity index (χ0n) is 31.0. The average Bonchev–Trinajstić information content (AvgIpc) is 3.00. The van der Waals surface area contributed by atoms with Crippen molar-refractivity contribution in [2.45, 2.75) is 252 Å². The van der Waals surface area contributed by atoms with Gasteiger partial charge in [0.2, 0.25) is 0 Å². The Morgan fingerprint density at radius 2 is 0.500 bits per heavy atom. The standard InChI is InChI=1S/C39H81O4P/c1-7-13-19-22-28-34-37(31-25-16-10-4)41-44(40,42-38(32-26-17-11-5)35-29-23-20-14-8-2)43-39(33-27-18-12-6)36-30-24-21-15-9-3/h37-39H,7-36H2,1-6H3. The number of phosphoric acid groups is 1. The molecule has 0 rings (SSSR count). The topological polar surface area (TPSA) is 44.8 Å². The Labute approximate surface area is 277 Å². The van der Waals surface area contributed by atoms with E-state index in [4.69, 9.17) is 13.6 Å². The molecule has 0 N–H and O–H groups in total. The summed E-state index contributed by atoms with van der Waals surface area (Å²) in [7, 11) is -3.72. The van der Waals surface area contributed by atoms with Gasteiger partial charge in [-0.05, 0) is 38.5 Å². The first-order chi connectivity index (χ1) is 21.5. The molecule has 0 aromatic heterocycles. The fourth-order valence-electron chi connectivity index (χ4n) is 6.16. The molecule has 0 heterocycles. The van der Waals surface area contributed by atoms with Crippen LogP contribution in [0.5, 0.6) is 0 Å². The minimum absolute atomic E-state index is 0.0456. The lowest BCUT2D eigenvalue weighted by Crippen LogP contribution is -2.22. The molecule has 0 spiro atoms. The Hall–Kier alpha value is 0.110. The predicted octanol–water partition coefficient (Wildman–Crippen LogP) is 15.1. The molecule has 3 unspecified atom stereocenters. The largest absolute Gasteiger partial charge is 0.475 e. The highest BCUT2D eigenvalue weighted by Crippen LogP contribution is 2.55. The second kappa shape index (κ2) is 33.0. The summed E-state index contributed by atoms with van der Waals surface area (Å²) >= 11 is 0. The van der Waals surface area contributed by atoms with Gasteiger partial charge in [-0.25, -0.2) is 4.57 Å². The number of hydrogen-bond donors (Lipinski definition) is 0. The molecule has 0 amide bonds. The van der Waals surface area contributed by atoms with Crippen LogP contribution in [-0.4, -0.2) is 18.3 Å². The third-order valence-electron chi connectivity index (χ3n) is 9.11. The lowest BCUT2D eigenvalue weighted by atomic mass is 10.0. The number of hydrogen-bond acceptors (Lipinski definition) is 4. The third kappa shape index (κ3) is 27.2. The third-order valence-corrected chi connectivity index (χ3v) is 10.8. The fourth-order valence-corrected chi connectivity index (χ4v) is 8.04. The Morgan fingerprint density at radius 3 is 0.727 bits per heavy atom. The summed E-state index contributed by atoms with van der Waals surface area (Å²) in [4.78, 5) is 0. The first kappa shape index (κ1) is 44.1. The molecule has 0 radical (unpaired) electrons. The van der Waals surface area contributed by atoms with Gasteiger partial charge in [0.15, 0.2) is 0 Å². The minimum Gasteiger partial charge on any atom is -0.284 e. The predicted molar refractivity (Wildman–Crippen MR) is 195 cm³/mol. The summed E-state index contributed by atoms with van der Waals surface area (Å²) in [5.41, 5.74) is 0. The van der Waals surface area contributed by atoms with Crippen LogP contribution in [0.3, 0.4) is 0 Å². The molecule has 3 atom stereocenters. The summed E-state index contributed by atoms with van der Waals surface area (Å²) in [6.45, 7) is 13.6. The van der Waals surface area contributed by atoms with Gasteiger partial charge >= 0.3 is 7.82 Å². The molecular formula is C39H81O4P. The quantitative estimate of drug-likeness (QED) is 0.0503. The van der Waals surface area contributed by atoms with Gasteiger partial charge in [0.05, 0.1) is 18.3 Å². The molecule has 0 saturated carbocycles. The van der Waals surface area contributed by atoms with Gasteiger partial charge in [0.1, 0.15) is 0 Å². The Morgan fingerprint density at radius 1 is 0.318 bits per heavy atom. The SMILES string of the molecule is CCCCCCCC(CCCCC)OP(=O)(OC(CCCCC)CCCCCCC)OC(CCCCC)CCCCCCC. The first-order valence-electron chi connectivity index (χ1n) is 20.1. The van der Waals surface area contributed by atoms with Crippen molar-refractivity contribution in [1.82, 2.24) is 0 Å². The van der Waals surface area contributed by atoms with E-state index in [2.05, 4.69) is 41.5 Å². The van der Waals surface area contributed by atoms with Gasteiger partial charge < -0.3 is 0 Å². The van der Waals surface area contributed by atoms with E-state index in [0.29, 0.717) is 0 Å². The smallest absolute Gasteiger partial charge is 0.284 e. The van der Waals surface area contributed by atoms with E-state index in [9.17, 15) is 4.57 Å². The molecular weight excluding hydrogens is 563 g/mol. The van der Waals surface area contributed by atoms with Crippen LogP contribution in [0.15, 0.2) is 0 Å². The van der Waals surface area contributed by atoms with E-state index in [1.807, 2.05) is 0 Å². The number of unbranched alkanes of at least 4 members (excludes halogenated alkanes) is 18. The van der Waals surface area contributed by atoms with Crippen LogP contribution in [0.25, 0.3) is 0 Å².